The van der Waals surface area contributed by atoms with Crippen LogP contribution in [-0.2, 0) is 4.74 Å². The van der Waals surface area contributed by atoms with Crippen LogP contribution in [-0.4, -0.2) is 46.5 Å². The number of methoxy groups -OCH3 is 3. The van der Waals surface area contributed by atoms with Crippen LogP contribution in [0.15, 0.2) is 23.2 Å². The zero-order valence-corrected chi connectivity index (χ0v) is 15.9. The van der Waals surface area contributed by atoms with Gasteiger partial charge < -0.3 is 24.8 Å². The van der Waals surface area contributed by atoms with E-state index in [0.717, 1.165) is 12.2 Å². The highest BCUT2D eigenvalue weighted by atomic mass is 16.5. The van der Waals surface area contributed by atoms with Crippen molar-refractivity contribution in [1.29, 1.82) is 0 Å². The summed E-state index contributed by atoms with van der Waals surface area (Å²) in [5.41, 5.74) is 0.899. The molecule has 0 spiro atoms. The molecule has 0 aliphatic heterocycles. The third kappa shape index (κ3) is 5.92. The molecule has 0 aliphatic rings. The van der Waals surface area contributed by atoms with Gasteiger partial charge in [0.1, 0.15) is 0 Å². The quantitative estimate of drug-likeness (QED) is 0.591. The molecule has 0 aliphatic carbocycles. The van der Waals surface area contributed by atoms with E-state index >= 15 is 0 Å². The Morgan fingerprint density at radius 2 is 1.79 bits per heavy atom. The number of ether oxygens (including phenoxy) is 3. The Bertz CT molecular complexity index is 539. The lowest BCUT2D eigenvalue weighted by Crippen LogP contribution is -2.35. The highest BCUT2D eigenvalue weighted by molar-refractivity contribution is 5.93. The molecule has 1 aromatic rings. The molecule has 1 aromatic carbocycles. The Morgan fingerprint density at radius 3 is 2.29 bits per heavy atom. The van der Waals surface area contributed by atoms with E-state index in [2.05, 4.69) is 36.4 Å². The van der Waals surface area contributed by atoms with Crippen molar-refractivity contribution in [2.75, 3.05) is 39.7 Å². The number of anilines is 1. The van der Waals surface area contributed by atoms with Gasteiger partial charge in [0, 0.05) is 25.4 Å². The van der Waals surface area contributed by atoms with Crippen LogP contribution in [0.3, 0.4) is 0 Å². The Balaban J connectivity index is 2.91. The average Bonchev–Trinajstić information content (AvgIpc) is 2.54. The van der Waals surface area contributed by atoms with Crippen molar-refractivity contribution in [3.8, 4) is 11.5 Å². The van der Waals surface area contributed by atoms with Gasteiger partial charge in [-0.25, -0.2) is 0 Å². The van der Waals surface area contributed by atoms with Crippen LogP contribution in [0.4, 0.5) is 5.69 Å². The van der Waals surface area contributed by atoms with Crippen LogP contribution >= 0.6 is 0 Å². The third-order valence-corrected chi connectivity index (χ3v) is 3.66. The lowest BCUT2D eigenvalue weighted by Gasteiger charge is -2.28. The SMILES string of the molecule is CCNC(=NCC(OC)C(C)(C)C)Nc1ccc(OC)c(OC)c1. The van der Waals surface area contributed by atoms with Gasteiger partial charge in [-0.2, -0.15) is 0 Å². The molecule has 6 nitrogen and oxygen atoms in total. The molecule has 0 radical (unpaired) electrons. The second-order valence-corrected chi connectivity index (χ2v) is 6.50. The minimum Gasteiger partial charge on any atom is -0.493 e. The minimum absolute atomic E-state index is 0.0267. The van der Waals surface area contributed by atoms with Gasteiger partial charge >= 0.3 is 0 Å². The summed E-state index contributed by atoms with van der Waals surface area (Å²) < 4.78 is 16.2. The monoisotopic (exact) mass is 337 g/mol. The Morgan fingerprint density at radius 1 is 1.12 bits per heavy atom. The van der Waals surface area contributed by atoms with Crippen LogP contribution in [0.5, 0.6) is 11.5 Å². The Kier molecular flexibility index (Phi) is 7.85. The van der Waals surface area contributed by atoms with Crippen LogP contribution in [0.1, 0.15) is 27.7 Å². The topological polar surface area (TPSA) is 64.1 Å². The maximum Gasteiger partial charge on any atom is 0.195 e. The zero-order valence-electron chi connectivity index (χ0n) is 15.9. The maximum absolute atomic E-state index is 5.56. The molecule has 1 rings (SSSR count). The molecule has 0 amide bonds. The maximum atomic E-state index is 5.56. The Hall–Kier alpha value is -1.95. The number of rotatable bonds is 7. The summed E-state index contributed by atoms with van der Waals surface area (Å²) >= 11 is 0. The first kappa shape index (κ1) is 20.1. The summed E-state index contributed by atoms with van der Waals surface area (Å²) in [7, 11) is 4.96. The molecule has 6 heteroatoms. The molecule has 0 saturated carbocycles. The molecule has 0 heterocycles. The van der Waals surface area contributed by atoms with Crippen molar-refractivity contribution in [1.82, 2.24) is 5.32 Å². The molecule has 1 atom stereocenters. The van der Waals surface area contributed by atoms with E-state index in [4.69, 9.17) is 14.2 Å². The average molecular weight is 337 g/mol. The zero-order chi connectivity index (χ0) is 18.2. The molecular formula is C18H31N3O3. The van der Waals surface area contributed by atoms with E-state index in [-0.39, 0.29) is 11.5 Å². The fraction of sp³-hybridized carbons (Fsp3) is 0.611. The lowest BCUT2D eigenvalue weighted by molar-refractivity contribution is 0.0241. The van der Waals surface area contributed by atoms with E-state index in [1.165, 1.54) is 0 Å². The summed E-state index contributed by atoms with van der Waals surface area (Å²) in [6, 6.07) is 5.66. The van der Waals surface area contributed by atoms with Gasteiger partial charge in [-0.1, -0.05) is 20.8 Å². The molecule has 0 bridgehead atoms. The first-order chi connectivity index (χ1) is 11.3. The van der Waals surface area contributed by atoms with E-state index in [0.29, 0.717) is 24.0 Å². The van der Waals surface area contributed by atoms with E-state index in [1.807, 2.05) is 25.1 Å². The largest absolute Gasteiger partial charge is 0.493 e. The van der Waals surface area contributed by atoms with Gasteiger partial charge in [-0.05, 0) is 24.5 Å². The normalized spacial score (nSPS) is 13.4. The smallest absolute Gasteiger partial charge is 0.195 e. The number of guanidine groups is 1. The molecule has 0 aromatic heterocycles. The standard InChI is InChI=1S/C18H31N3O3/c1-8-19-17(20-12-16(24-7)18(2,3)4)21-13-9-10-14(22-5)15(11-13)23-6/h9-11,16H,8,12H2,1-7H3,(H2,19,20,21). The van der Waals surface area contributed by atoms with Gasteiger partial charge in [-0.15, -0.1) is 0 Å². The second-order valence-electron chi connectivity index (χ2n) is 6.50. The van der Waals surface area contributed by atoms with Gasteiger partial charge in [0.05, 0.1) is 26.9 Å². The van der Waals surface area contributed by atoms with Gasteiger partial charge in [-0.3, -0.25) is 4.99 Å². The first-order valence-electron chi connectivity index (χ1n) is 8.15. The van der Waals surface area contributed by atoms with Crippen molar-refractivity contribution in [3.63, 3.8) is 0 Å². The number of nitrogens with one attached hydrogen (secondary N) is 2. The molecule has 24 heavy (non-hydrogen) atoms. The summed E-state index contributed by atoms with van der Waals surface area (Å²) in [5.74, 6) is 2.07. The van der Waals surface area contributed by atoms with Crippen molar-refractivity contribution >= 4 is 11.6 Å². The summed E-state index contributed by atoms with van der Waals surface area (Å²) in [5, 5.41) is 6.52. The number of aliphatic imine (C=N–C) groups is 1. The highest BCUT2D eigenvalue weighted by Gasteiger charge is 2.24. The van der Waals surface area contributed by atoms with E-state index in [1.54, 1.807) is 21.3 Å². The highest BCUT2D eigenvalue weighted by Crippen LogP contribution is 2.29. The molecule has 136 valence electrons. The summed E-state index contributed by atoms with van der Waals surface area (Å²) in [6.45, 7) is 9.81. The van der Waals surface area contributed by atoms with Crippen molar-refractivity contribution in [2.45, 2.75) is 33.8 Å². The van der Waals surface area contributed by atoms with Crippen LogP contribution in [0, 0.1) is 5.41 Å². The van der Waals surface area contributed by atoms with Gasteiger partial charge in [0.25, 0.3) is 0 Å². The minimum atomic E-state index is 0.0267. The van der Waals surface area contributed by atoms with Crippen molar-refractivity contribution in [3.05, 3.63) is 18.2 Å². The summed E-state index contributed by atoms with van der Waals surface area (Å²) in [4.78, 5) is 4.64. The van der Waals surface area contributed by atoms with Gasteiger partial charge in [0.2, 0.25) is 0 Å². The van der Waals surface area contributed by atoms with Crippen LogP contribution in [0.2, 0.25) is 0 Å². The van der Waals surface area contributed by atoms with Gasteiger partial charge in [0.15, 0.2) is 17.5 Å². The van der Waals surface area contributed by atoms with Crippen LogP contribution in [0.25, 0.3) is 0 Å². The van der Waals surface area contributed by atoms with Crippen molar-refractivity contribution < 1.29 is 14.2 Å². The number of hydrogen-bond acceptors (Lipinski definition) is 4. The van der Waals surface area contributed by atoms with E-state index in [9.17, 15) is 0 Å². The predicted molar refractivity (Wildman–Crippen MR) is 99.4 cm³/mol. The molecule has 0 fully saturated rings. The molecular weight excluding hydrogens is 306 g/mol. The lowest BCUT2D eigenvalue weighted by atomic mass is 9.89. The fourth-order valence-corrected chi connectivity index (χ4v) is 2.23. The Labute approximate surface area is 145 Å². The molecule has 1 unspecified atom stereocenters. The number of hydrogen-bond donors (Lipinski definition) is 2. The molecule has 0 saturated heterocycles. The van der Waals surface area contributed by atoms with Crippen LogP contribution < -0.4 is 20.1 Å². The predicted octanol–water partition coefficient (Wildman–Crippen LogP) is 3.14. The number of nitrogens with zero attached hydrogens (tertiary/aromatic N) is 1. The fourth-order valence-electron chi connectivity index (χ4n) is 2.23. The van der Waals surface area contributed by atoms with Crippen molar-refractivity contribution in [2.24, 2.45) is 10.4 Å². The first-order valence-corrected chi connectivity index (χ1v) is 8.15. The third-order valence-electron chi connectivity index (χ3n) is 3.66. The summed E-state index contributed by atoms with van der Waals surface area (Å²) in [6.07, 6.45) is 0.0401. The second kappa shape index (κ2) is 9.37. The molecule has 2 N–H and O–H groups in total. The van der Waals surface area contributed by atoms with E-state index < -0.39 is 0 Å². The number of benzene rings is 1.